The van der Waals surface area contributed by atoms with Gasteiger partial charge in [0.15, 0.2) is 11.5 Å². The molecule has 0 radical (unpaired) electrons. The first-order valence-electron chi connectivity index (χ1n) is 10.3. The maximum Gasteiger partial charge on any atom is 0.254 e. The van der Waals surface area contributed by atoms with Crippen LogP contribution < -0.4 is 14.8 Å². The van der Waals surface area contributed by atoms with Gasteiger partial charge in [0.1, 0.15) is 0 Å². The van der Waals surface area contributed by atoms with Crippen molar-refractivity contribution in [3.8, 4) is 11.5 Å². The highest BCUT2D eigenvalue weighted by Gasteiger charge is 2.26. The number of allylic oxidation sites excluding steroid dienone is 2. The maximum atomic E-state index is 13.0. The minimum absolute atomic E-state index is 0.0289. The molecule has 2 aliphatic rings. The van der Waals surface area contributed by atoms with Crippen molar-refractivity contribution in [3.63, 3.8) is 0 Å². The van der Waals surface area contributed by atoms with Crippen molar-refractivity contribution in [2.24, 2.45) is 5.92 Å². The van der Waals surface area contributed by atoms with Gasteiger partial charge in [-0.15, -0.1) is 0 Å². The van der Waals surface area contributed by atoms with Gasteiger partial charge in [0.25, 0.3) is 5.91 Å². The van der Waals surface area contributed by atoms with Gasteiger partial charge in [-0.1, -0.05) is 12.6 Å². The smallest absolute Gasteiger partial charge is 0.254 e. The maximum absolute atomic E-state index is 13.0. The number of carbonyl (C=O) groups excluding carboxylic acids is 1. The van der Waals surface area contributed by atoms with Crippen molar-refractivity contribution >= 4 is 5.91 Å². The summed E-state index contributed by atoms with van der Waals surface area (Å²) in [5.74, 6) is 1.61. The number of fused-ring (bicyclic) bond motifs is 1. The standard InChI is InChI=1S/C24H27N3O3/c1-17(11-18(2)26-14-19-5-3-9-25-13-19)21-6-4-10-27(15-21)24(28)20-7-8-22-23(12-20)30-16-29-22/h3,5,7-9,11-13,21,26H,1,4,6,10,14-16H2,2H3/b18-11+. The molecule has 6 heteroatoms. The average molecular weight is 405 g/mol. The van der Waals surface area contributed by atoms with E-state index in [1.165, 1.54) is 0 Å². The molecule has 0 saturated carbocycles. The zero-order chi connectivity index (χ0) is 20.9. The van der Waals surface area contributed by atoms with Crippen LogP contribution in [0.5, 0.6) is 11.5 Å². The molecule has 30 heavy (non-hydrogen) atoms. The molecular formula is C24H27N3O3. The van der Waals surface area contributed by atoms with Crippen molar-refractivity contribution in [3.05, 3.63) is 77.8 Å². The summed E-state index contributed by atoms with van der Waals surface area (Å²) < 4.78 is 10.7. The van der Waals surface area contributed by atoms with Gasteiger partial charge >= 0.3 is 0 Å². The molecule has 0 aliphatic carbocycles. The van der Waals surface area contributed by atoms with Crippen molar-refractivity contribution in [2.75, 3.05) is 19.9 Å². The van der Waals surface area contributed by atoms with Crippen molar-refractivity contribution in [1.29, 1.82) is 0 Å². The number of benzene rings is 1. The van der Waals surface area contributed by atoms with E-state index >= 15 is 0 Å². The van der Waals surface area contributed by atoms with Crippen molar-refractivity contribution in [1.82, 2.24) is 15.2 Å². The van der Waals surface area contributed by atoms with Crippen LogP contribution in [0.25, 0.3) is 0 Å². The van der Waals surface area contributed by atoms with Gasteiger partial charge in [-0.05, 0) is 61.2 Å². The normalized spacial score (nSPS) is 18.2. The SMILES string of the molecule is C=C(/C=C(\C)NCc1cccnc1)C1CCCN(C(=O)c2ccc3c(c2)OCO3)C1. The molecule has 1 aromatic carbocycles. The molecule has 156 valence electrons. The number of carbonyl (C=O) groups is 1. The molecular weight excluding hydrogens is 378 g/mol. The fraction of sp³-hybridized carbons (Fsp3) is 0.333. The molecule has 0 spiro atoms. The summed E-state index contributed by atoms with van der Waals surface area (Å²) in [6, 6.07) is 9.36. The molecule has 1 atom stereocenters. The van der Waals surface area contributed by atoms with E-state index < -0.39 is 0 Å². The minimum atomic E-state index is 0.0289. The van der Waals surface area contributed by atoms with Crippen LogP contribution in [-0.4, -0.2) is 35.7 Å². The molecule has 1 saturated heterocycles. The third-order valence-corrected chi connectivity index (χ3v) is 5.55. The Labute approximate surface area is 177 Å². The Morgan fingerprint density at radius 3 is 3.03 bits per heavy atom. The number of hydrogen-bond acceptors (Lipinski definition) is 5. The van der Waals surface area contributed by atoms with Crippen molar-refractivity contribution < 1.29 is 14.3 Å². The third kappa shape index (κ3) is 4.64. The summed E-state index contributed by atoms with van der Waals surface area (Å²) in [6.45, 7) is 8.70. The van der Waals surface area contributed by atoms with E-state index in [0.717, 1.165) is 42.8 Å². The first-order chi connectivity index (χ1) is 14.6. The fourth-order valence-electron chi connectivity index (χ4n) is 3.87. The summed E-state index contributed by atoms with van der Waals surface area (Å²) in [5, 5.41) is 3.41. The van der Waals surface area contributed by atoms with Gasteiger partial charge in [0.05, 0.1) is 0 Å². The van der Waals surface area contributed by atoms with Crippen LogP contribution in [0.3, 0.4) is 0 Å². The Morgan fingerprint density at radius 1 is 1.33 bits per heavy atom. The van der Waals surface area contributed by atoms with E-state index in [1.54, 1.807) is 24.4 Å². The van der Waals surface area contributed by atoms with Gasteiger partial charge < -0.3 is 19.7 Å². The minimum Gasteiger partial charge on any atom is -0.454 e. The van der Waals surface area contributed by atoms with Crippen LogP contribution in [-0.2, 0) is 6.54 Å². The van der Waals surface area contributed by atoms with Crippen LogP contribution in [0.2, 0.25) is 0 Å². The molecule has 1 N–H and O–H groups in total. The lowest BCUT2D eigenvalue weighted by Gasteiger charge is -2.33. The van der Waals surface area contributed by atoms with Gasteiger partial charge in [0.2, 0.25) is 6.79 Å². The van der Waals surface area contributed by atoms with E-state index in [-0.39, 0.29) is 18.6 Å². The monoisotopic (exact) mass is 405 g/mol. The van der Waals surface area contributed by atoms with Crippen LogP contribution in [0, 0.1) is 5.92 Å². The summed E-state index contributed by atoms with van der Waals surface area (Å²) in [6.07, 6.45) is 7.73. The quantitative estimate of drug-likeness (QED) is 0.738. The second kappa shape index (κ2) is 9.03. The summed E-state index contributed by atoms with van der Waals surface area (Å²) in [4.78, 5) is 19.1. The zero-order valence-electron chi connectivity index (χ0n) is 17.3. The van der Waals surface area contributed by atoms with E-state index in [1.807, 2.05) is 30.2 Å². The summed E-state index contributed by atoms with van der Waals surface area (Å²) >= 11 is 0. The predicted octanol–water partition coefficient (Wildman–Crippen LogP) is 3.91. The first-order valence-corrected chi connectivity index (χ1v) is 10.3. The summed E-state index contributed by atoms with van der Waals surface area (Å²) in [7, 11) is 0. The largest absolute Gasteiger partial charge is 0.454 e. The highest BCUT2D eigenvalue weighted by atomic mass is 16.7. The Bertz CT molecular complexity index is 955. The Hall–Kier alpha value is -3.28. The molecule has 1 fully saturated rings. The van der Waals surface area contributed by atoms with Gasteiger partial charge in [-0.2, -0.15) is 0 Å². The third-order valence-electron chi connectivity index (χ3n) is 5.55. The van der Waals surface area contributed by atoms with E-state index in [0.29, 0.717) is 23.6 Å². The Kier molecular flexibility index (Phi) is 6.02. The number of ether oxygens (including phenoxy) is 2. The number of piperidine rings is 1. The molecule has 2 aliphatic heterocycles. The van der Waals surface area contributed by atoms with E-state index in [4.69, 9.17) is 9.47 Å². The highest BCUT2D eigenvalue weighted by molar-refractivity contribution is 5.95. The summed E-state index contributed by atoms with van der Waals surface area (Å²) in [5.41, 5.74) is 3.88. The number of pyridine rings is 1. The van der Waals surface area contributed by atoms with Gasteiger partial charge in [-0.25, -0.2) is 0 Å². The molecule has 6 nitrogen and oxygen atoms in total. The number of aromatic nitrogens is 1. The Morgan fingerprint density at radius 2 is 2.20 bits per heavy atom. The van der Waals surface area contributed by atoms with E-state index in [2.05, 4.69) is 23.0 Å². The van der Waals surface area contributed by atoms with Crippen molar-refractivity contribution in [2.45, 2.75) is 26.3 Å². The second-order valence-electron chi connectivity index (χ2n) is 7.78. The van der Waals surface area contributed by atoms with Crippen LogP contribution in [0.4, 0.5) is 0 Å². The van der Waals surface area contributed by atoms with Gasteiger partial charge in [0, 0.05) is 49.2 Å². The number of likely N-dealkylation sites (tertiary alicyclic amines) is 1. The van der Waals surface area contributed by atoms with Gasteiger partial charge in [-0.3, -0.25) is 9.78 Å². The Balaban J connectivity index is 1.35. The predicted molar refractivity (Wildman–Crippen MR) is 115 cm³/mol. The molecule has 0 bridgehead atoms. The second-order valence-corrected chi connectivity index (χ2v) is 7.78. The van der Waals surface area contributed by atoms with Crippen LogP contribution >= 0.6 is 0 Å². The number of nitrogens with one attached hydrogen (secondary N) is 1. The highest BCUT2D eigenvalue weighted by Crippen LogP contribution is 2.33. The number of amides is 1. The molecule has 1 aromatic heterocycles. The lowest BCUT2D eigenvalue weighted by molar-refractivity contribution is 0.0692. The van der Waals surface area contributed by atoms with E-state index in [9.17, 15) is 4.79 Å². The molecule has 1 amide bonds. The fourth-order valence-corrected chi connectivity index (χ4v) is 3.87. The lowest BCUT2D eigenvalue weighted by Crippen LogP contribution is -2.40. The van der Waals surface area contributed by atoms with Crippen LogP contribution in [0.15, 0.2) is 66.7 Å². The molecule has 1 unspecified atom stereocenters. The molecule has 4 rings (SSSR count). The topological polar surface area (TPSA) is 63.7 Å². The number of rotatable bonds is 6. The first kappa shape index (κ1) is 20.0. The number of nitrogens with zero attached hydrogens (tertiary/aromatic N) is 2. The zero-order valence-corrected chi connectivity index (χ0v) is 17.3. The molecule has 3 heterocycles. The number of hydrogen-bond donors (Lipinski definition) is 1. The average Bonchev–Trinajstić information content (AvgIpc) is 3.26. The van der Waals surface area contributed by atoms with Crippen LogP contribution in [0.1, 0.15) is 35.7 Å². The lowest BCUT2D eigenvalue weighted by atomic mass is 9.90. The molecule has 2 aromatic rings.